The maximum atomic E-state index is 11.9. The van der Waals surface area contributed by atoms with Crippen molar-refractivity contribution >= 4 is 46.4 Å². The fourth-order valence-corrected chi connectivity index (χ4v) is 1.83. The van der Waals surface area contributed by atoms with Gasteiger partial charge in [-0.25, -0.2) is 9.78 Å². The van der Waals surface area contributed by atoms with Gasteiger partial charge in [0.25, 0.3) is 0 Å². The van der Waals surface area contributed by atoms with Crippen molar-refractivity contribution in [1.82, 2.24) is 4.98 Å². The number of para-hydroxylation sites is 1. The molecule has 0 aliphatic carbocycles. The third-order valence-corrected chi connectivity index (χ3v) is 2.78. The van der Waals surface area contributed by atoms with Crippen molar-refractivity contribution in [3.63, 3.8) is 0 Å². The fourth-order valence-electron chi connectivity index (χ4n) is 1.83. The Morgan fingerprint density at radius 1 is 0.850 bits per heavy atom. The zero-order valence-electron chi connectivity index (χ0n) is 10.1. The molecule has 2 aromatic carbocycles. The normalized spacial score (nSPS) is 9.80. The van der Waals surface area contributed by atoms with Gasteiger partial charge in [0.15, 0.2) is 0 Å². The summed E-state index contributed by atoms with van der Waals surface area (Å²) in [6.45, 7) is 0. The van der Waals surface area contributed by atoms with Crippen molar-refractivity contribution in [2.45, 2.75) is 0 Å². The summed E-state index contributed by atoms with van der Waals surface area (Å²) in [5.74, 6) is -0.0871. The summed E-state index contributed by atoms with van der Waals surface area (Å²) in [6, 6.07) is 20.1. The number of hydrogen-bond acceptors (Lipinski definition) is 3. The van der Waals surface area contributed by atoms with Crippen LogP contribution < -0.4 is 4.74 Å². The second kappa shape index (κ2) is 6.66. The van der Waals surface area contributed by atoms with Crippen LogP contribution in [0.4, 0.5) is 0 Å². The van der Waals surface area contributed by atoms with Crippen molar-refractivity contribution in [3.05, 3.63) is 72.3 Å². The molecule has 0 spiro atoms. The van der Waals surface area contributed by atoms with Crippen LogP contribution in [-0.2, 0) is 0 Å². The second-order valence-corrected chi connectivity index (χ2v) is 4.10. The van der Waals surface area contributed by atoms with Crippen molar-refractivity contribution in [3.8, 4) is 5.88 Å². The first-order valence-electron chi connectivity index (χ1n) is 5.96. The summed E-state index contributed by atoms with van der Waals surface area (Å²) in [5, 5.41) is 1.02. The summed E-state index contributed by atoms with van der Waals surface area (Å²) in [5.41, 5.74) is 1.32. The van der Waals surface area contributed by atoms with Crippen LogP contribution in [0.3, 0.4) is 0 Å². The van der Waals surface area contributed by atoms with E-state index in [1.807, 2.05) is 36.4 Å². The first-order chi connectivity index (χ1) is 9.33. The summed E-state index contributed by atoms with van der Waals surface area (Å²) in [7, 11) is 0. The van der Waals surface area contributed by atoms with Gasteiger partial charge in [-0.3, -0.25) is 0 Å². The molecule has 4 heteroatoms. The number of fused-ring (bicyclic) bond motifs is 1. The number of nitrogens with zero attached hydrogens (tertiary/aromatic N) is 1. The molecule has 0 fully saturated rings. The molecule has 0 saturated carbocycles. The van der Waals surface area contributed by atoms with E-state index in [0.29, 0.717) is 11.4 Å². The standard InChI is InChI=1S/C16H11NO2.Na.H/c18-16(13-7-2-1-3-8-13)19-15-11-10-12-6-4-5-9-14(12)17-15;;/h1-11H;;. The van der Waals surface area contributed by atoms with Crippen LogP contribution in [0.1, 0.15) is 10.4 Å². The van der Waals surface area contributed by atoms with Crippen molar-refractivity contribution in [1.29, 1.82) is 0 Å². The minimum absolute atomic E-state index is 0. The number of aromatic nitrogens is 1. The van der Waals surface area contributed by atoms with E-state index < -0.39 is 5.97 Å². The third kappa shape index (κ3) is 3.25. The molecule has 0 N–H and O–H groups in total. The Labute approximate surface area is 138 Å². The molecule has 94 valence electrons. The second-order valence-electron chi connectivity index (χ2n) is 4.10. The molecule has 0 aliphatic heterocycles. The number of carbonyl (C=O) groups excluding carboxylic acids is 1. The monoisotopic (exact) mass is 273 g/mol. The van der Waals surface area contributed by atoms with Crippen molar-refractivity contribution in [2.24, 2.45) is 0 Å². The number of esters is 1. The SMILES string of the molecule is O=C(Oc1ccc2ccccc2n1)c1ccccc1.[NaH]. The van der Waals surface area contributed by atoms with Crippen molar-refractivity contribution < 1.29 is 9.53 Å². The van der Waals surface area contributed by atoms with Gasteiger partial charge in [-0.1, -0.05) is 36.4 Å². The molecule has 0 radical (unpaired) electrons. The number of ether oxygens (including phenoxy) is 1. The maximum absolute atomic E-state index is 11.9. The Balaban J connectivity index is 0.00000147. The first-order valence-corrected chi connectivity index (χ1v) is 5.96. The third-order valence-electron chi connectivity index (χ3n) is 2.78. The fraction of sp³-hybridized carbons (Fsp3) is 0. The molecule has 3 nitrogen and oxygen atoms in total. The molecule has 3 aromatic rings. The van der Waals surface area contributed by atoms with Gasteiger partial charge in [-0.15, -0.1) is 0 Å². The quantitative estimate of drug-likeness (QED) is 0.532. The molecule has 0 saturated heterocycles. The van der Waals surface area contributed by atoms with E-state index >= 15 is 0 Å². The van der Waals surface area contributed by atoms with Crippen LogP contribution in [0.15, 0.2) is 66.7 Å². The van der Waals surface area contributed by atoms with E-state index in [2.05, 4.69) is 4.98 Å². The van der Waals surface area contributed by atoms with Crippen LogP contribution in [0.2, 0.25) is 0 Å². The van der Waals surface area contributed by atoms with Gasteiger partial charge in [0.1, 0.15) is 0 Å². The summed E-state index contributed by atoms with van der Waals surface area (Å²) in [4.78, 5) is 16.2. The van der Waals surface area contributed by atoms with Crippen LogP contribution in [0, 0.1) is 0 Å². The zero-order chi connectivity index (χ0) is 13.1. The van der Waals surface area contributed by atoms with E-state index in [1.54, 1.807) is 30.3 Å². The number of pyridine rings is 1. The molecule has 0 bridgehead atoms. The summed E-state index contributed by atoms with van der Waals surface area (Å²) >= 11 is 0. The molecule has 0 atom stereocenters. The topological polar surface area (TPSA) is 39.2 Å². The molecular formula is C16H12NNaO2. The Morgan fingerprint density at radius 2 is 1.55 bits per heavy atom. The van der Waals surface area contributed by atoms with Crippen LogP contribution >= 0.6 is 0 Å². The molecule has 0 amide bonds. The Bertz CT molecular complexity index is 729. The van der Waals surface area contributed by atoms with Gasteiger partial charge >= 0.3 is 35.5 Å². The van der Waals surface area contributed by atoms with Gasteiger partial charge in [0.2, 0.25) is 5.88 Å². The number of carbonyl (C=O) groups is 1. The average Bonchev–Trinajstić information content (AvgIpc) is 2.48. The molecule has 0 aliphatic rings. The van der Waals surface area contributed by atoms with Crippen molar-refractivity contribution in [2.75, 3.05) is 0 Å². The molecule has 1 aromatic heterocycles. The molecule has 1 heterocycles. The van der Waals surface area contributed by atoms with Gasteiger partial charge in [0, 0.05) is 11.5 Å². The van der Waals surface area contributed by atoms with Gasteiger partial charge in [-0.2, -0.15) is 0 Å². The van der Waals surface area contributed by atoms with Gasteiger partial charge < -0.3 is 4.74 Å². The number of benzene rings is 2. The van der Waals surface area contributed by atoms with Crippen LogP contribution in [0.5, 0.6) is 5.88 Å². The van der Waals surface area contributed by atoms with E-state index in [9.17, 15) is 4.79 Å². The molecule has 3 rings (SSSR count). The average molecular weight is 273 g/mol. The molecule has 20 heavy (non-hydrogen) atoms. The zero-order valence-corrected chi connectivity index (χ0v) is 10.1. The van der Waals surface area contributed by atoms with E-state index in [4.69, 9.17) is 4.74 Å². The number of rotatable bonds is 2. The predicted molar refractivity (Wildman–Crippen MR) is 80.3 cm³/mol. The van der Waals surface area contributed by atoms with Crippen LogP contribution in [0.25, 0.3) is 10.9 Å². The van der Waals surface area contributed by atoms with E-state index in [1.165, 1.54) is 0 Å². The first kappa shape index (κ1) is 14.7. The Morgan fingerprint density at radius 3 is 2.35 bits per heavy atom. The molecule has 0 unspecified atom stereocenters. The predicted octanol–water partition coefficient (Wildman–Crippen LogP) is 2.81. The van der Waals surface area contributed by atoms with Crippen LogP contribution in [-0.4, -0.2) is 40.5 Å². The Kier molecular flexibility index (Phi) is 4.90. The summed E-state index contributed by atoms with van der Waals surface area (Å²) < 4.78 is 5.26. The number of hydrogen-bond donors (Lipinski definition) is 0. The van der Waals surface area contributed by atoms with Gasteiger partial charge in [-0.05, 0) is 24.3 Å². The summed E-state index contributed by atoms with van der Waals surface area (Å²) in [6.07, 6.45) is 0. The Hall–Kier alpha value is -1.68. The van der Waals surface area contributed by atoms with Gasteiger partial charge in [0.05, 0.1) is 11.1 Å². The van der Waals surface area contributed by atoms with E-state index in [-0.39, 0.29) is 29.6 Å². The minimum atomic E-state index is -0.400. The van der Waals surface area contributed by atoms with E-state index in [0.717, 1.165) is 10.9 Å². The molecular weight excluding hydrogens is 261 g/mol.